The van der Waals surface area contributed by atoms with Crippen molar-refractivity contribution in [2.45, 2.75) is 12.3 Å². The molecule has 34 heavy (non-hydrogen) atoms. The Labute approximate surface area is 197 Å². The Balaban J connectivity index is 1.69. The minimum atomic E-state index is -0.489. The Morgan fingerprint density at radius 1 is 1.18 bits per heavy atom. The van der Waals surface area contributed by atoms with Gasteiger partial charge in [-0.05, 0) is 42.0 Å². The largest absolute Gasteiger partial charge is 0.489 e. The van der Waals surface area contributed by atoms with Crippen molar-refractivity contribution in [3.8, 4) is 29.1 Å². The number of nitrogens with one attached hydrogen (secondary N) is 2. The summed E-state index contributed by atoms with van der Waals surface area (Å²) < 4.78 is 10.8. The molecule has 0 bridgehead atoms. The van der Waals surface area contributed by atoms with E-state index in [1.54, 1.807) is 43.6 Å². The number of nitriles is 2. The minimum absolute atomic E-state index is 0.0427. The van der Waals surface area contributed by atoms with Crippen molar-refractivity contribution in [1.29, 1.82) is 10.5 Å². The lowest BCUT2D eigenvalue weighted by Gasteiger charge is -2.21. The Morgan fingerprint density at radius 2 is 2.03 bits per heavy atom. The van der Waals surface area contributed by atoms with Crippen molar-refractivity contribution in [1.82, 2.24) is 9.97 Å². The van der Waals surface area contributed by atoms with E-state index in [9.17, 15) is 15.6 Å². The summed E-state index contributed by atoms with van der Waals surface area (Å²) in [5.74, 6) is 0.852. The number of benzene rings is 2. The second-order valence-electron chi connectivity index (χ2n) is 8.18. The monoisotopic (exact) mass is 456 g/mol. The summed E-state index contributed by atoms with van der Waals surface area (Å²) in [4.78, 5) is 8.94. The van der Waals surface area contributed by atoms with Crippen LogP contribution in [0.4, 0.5) is 17.3 Å². The zero-order valence-electron chi connectivity index (χ0n) is 18.9. The summed E-state index contributed by atoms with van der Waals surface area (Å²) in [6.45, 7) is 3.24. The Hall–Kier alpha value is -4.18. The maximum atomic E-state index is 9.95. The molecule has 3 aromatic rings. The van der Waals surface area contributed by atoms with Gasteiger partial charge in [0.1, 0.15) is 18.4 Å². The van der Waals surface area contributed by atoms with Gasteiger partial charge in [-0.3, -0.25) is 0 Å². The van der Waals surface area contributed by atoms with Crippen LogP contribution in [0.5, 0.6) is 5.75 Å². The molecule has 2 heterocycles. The fourth-order valence-electron chi connectivity index (χ4n) is 3.82. The Kier molecular flexibility index (Phi) is 6.60. The molecule has 9 nitrogen and oxygen atoms in total. The molecule has 1 aliphatic heterocycles. The number of nitrogens with zero attached hydrogens (tertiary/aromatic N) is 4. The van der Waals surface area contributed by atoms with E-state index in [1.165, 1.54) is 0 Å². The Bertz CT molecular complexity index is 1300. The number of aliphatic hydroxyl groups excluding tert-OH is 1. The summed E-state index contributed by atoms with van der Waals surface area (Å²) in [5.41, 5.74) is 4.01. The van der Waals surface area contributed by atoms with E-state index < -0.39 is 5.41 Å². The lowest BCUT2D eigenvalue weighted by Crippen LogP contribution is -2.28. The molecule has 0 radical (unpaired) electrons. The molecule has 2 aromatic carbocycles. The van der Waals surface area contributed by atoms with Crippen LogP contribution in [0.2, 0.25) is 0 Å². The molecule has 1 aliphatic rings. The fraction of sp³-hybridized carbons (Fsp3) is 0.280. The predicted octanol–water partition coefficient (Wildman–Crippen LogP) is 3.33. The van der Waals surface area contributed by atoms with Crippen LogP contribution in [-0.4, -0.2) is 48.5 Å². The first-order chi connectivity index (χ1) is 16.5. The molecular weight excluding hydrogens is 432 g/mol. The number of rotatable bonds is 8. The van der Waals surface area contributed by atoms with Crippen LogP contribution in [0.25, 0.3) is 11.3 Å². The first kappa shape index (κ1) is 23.0. The number of aliphatic hydroxyl groups is 1. The smallest absolute Gasteiger partial charge is 0.227 e. The zero-order valence-corrected chi connectivity index (χ0v) is 18.9. The standard InChI is InChI=1S/C25H24N6O3/c1-25(15-32)14-29-23-18(13-27)10-17(11-19(23)25)20-5-6-28-24(30-20)31-21-9-16(12-26)3-4-22(21)34-8-7-33-2/h3-6,9-11,29,32H,7-8,14-15H2,1-2H3,(H,28,30,31). The molecule has 3 N–H and O–H groups in total. The molecule has 1 atom stereocenters. The molecule has 0 spiro atoms. The molecule has 1 aromatic heterocycles. The van der Waals surface area contributed by atoms with Crippen molar-refractivity contribution in [3.05, 3.63) is 59.3 Å². The SMILES string of the molecule is COCCOc1ccc(C#N)cc1Nc1nccc(-c2cc(C#N)c3c(c2)C(C)(CO)CN3)n1. The van der Waals surface area contributed by atoms with Gasteiger partial charge in [0.05, 0.1) is 47.5 Å². The van der Waals surface area contributed by atoms with Gasteiger partial charge in [0.2, 0.25) is 5.95 Å². The van der Waals surface area contributed by atoms with Gasteiger partial charge < -0.3 is 25.2 Å². The van der Waals surface area contributed by atoms with Crippen molar-refractivity contribution in [2.24, 2.45) is 0 Å². The quantitative estimate of drug-likeness (QED) is 0.436. The van der Waals surface area contributed by atoms with Crippen molar-refractivity contribution >= 4 is 17.3 Å². The average Bonchev–Trinajstić information content (AvgIpc) is 3.21. The number of aromatic nitrogens is 2. The third-order valence-electron chi connectivity index (χ3n) is 5.76. The van der Waals surface area contributed by atoms with E-state index in [1.807, 2.05) is 13.0 Å². The molecule has 0 saturated carbocycles. The molecule has 4 rings (SSSR count). The average molecular weight is 457 g/mol. The maximum absolute atomic E-state index is 9.95. The third kappa shape index (κ3) is 4.48. The first-order valence-electron chi connectivity index (χ1n) is 10.7. The number of hydrogen-bond donors (Lipinski definition) is 3. The first-order valence-corrected chi connectivity index (χ1v) is 10.7. The highest BCUT2D eigenvalue weighted by Gasteiger charge is 2.36. The van der Waals surface area contributed by atoms with Crippen LogP contribution < -0.4 is 15.4 Å². The second-order valence-corrected chi connectivity index (χ2v) is 8.18. The fourth-order valence-corrected chi connectivity index (χ4v) is 3.82. The summed E-state index contributed by atoms with van der Waals surface area (Å²) in [7, 11) is 1.59. The third-order valence-corrected chi connectivity index (χ3v) is 5.76. The summed E-state index contributed by atoms with van der Waals surface area (Å²) in [5, 5.41) is 35.3. The topological polar surface area (TPSA) is 136 Å². The van der Waals surface area contributed by atoms with Crippen LogP contribution in [0.3, 0.4) is 0 Å². The molecular formula is C25H24N6O3. The second kappa shape index (κ2) is 9.75. The molecule has 172 valence electrons. The van der Waals surface area contributed by atoms with Crippen LogP contribution in [0, 0.1) is 22.7 Å². The highest BCUT2D eigenvalue weighted by atomic mass is 16.5. The van der Waals surface area contributed by atoms with Gasteiger partial charge >= 0.3 is 0 Å². The lowest BCUT2D eigenvalue weighted by atomic mass is 9.83. The molecule has 9 heteroatoms. The number of hydrogen-bond acceptors (Lipinski definition) is 9. The van der Waals surface area contributed by atoms with Gasteiger partial charge in [0, 0.05) is 30.8 Å². The number of anilines is 3. The summed E-state index contributed by atoms with van der Waals surface area (Å²) >= 11 is 0. The number of ether oxygens (including phenoxy) is 2. The maximum Gasteiger partial charge on any atom is 0.227 e. The van der Waals surface area contributed by atoms with Gasteiger partial charge in [-0.25, -0.2) is 9.97 Å². The van der Waals surface area contributed by atoms with Crippen molar-refractivity contribution in [3.63, 3.8) is 0 Å². The normalized spacial score (nSPS) is 16.1. The van der Waals surface area contributed by atoms with Crippen LogP contribution >= 0.6 is 0 Å². The molecule has 1 unspecified atom stereocenters. The number of fused-ring (bicyclic) bond motifs is 1. The van der Waals surface area contributed by atoms with Gasteiger partial charge in [0.25, 0.3) is 0 Å². The van der Waals surface area contributed by atoms with E-state index in [4.69, 9.17) is 9.47 Å². The summed E-state index contributed by atoms with van der Waals surface area (Å²) in [6, 6.07) is 14.9. The zero-order chi connectivity index (χ0) is 24.1. The van der Waals surface area contributed by atoms with E-state index in [0.717, 1.165) is 16.8 Å². The van der Waals surface area contributed by atoms with Gasteiger partial charge in [-0.1, -0.05) is 6.92 Å². The minimum Gasteiger partial charge on any atom is -0.489 e. The van der Waals surface area contributed by atoms with Crippen molar-refractivity contribution < 1.29 is 14.6 Å². The highest BCUT2D eigenvalue weighted by Crippen LogP contribution is 2.41. The van der Waals surface area contributed by atoms with Gasteiger partial charge in [0.15, 0.2) is 0 Å². The predicted molar refractivity (Wildman–Crippen MR) is 127 cm³/mol. The molecule has 0 amide bonds. The van der Waals surface area contributed by atoms with Gasteiger partial charge in [-0.15, -0.1) is 0 Å². The van der Waals surface area contributed by atoms with Crippen LogP contribution in [-0.2, 0) is 10.2 Å². The van der Waals surface area contributed by atoms with Crippen LogP contribution in [0.1, 0.15) is 23.6 Å². The van der Waals surface area contributed by atoms with E-state index in [0.29, 0.717) is 54.0 Å². The van der Waals surface area contributed by atoms with Crippen molar-refractivity contribution in [2.75, 3.05) is 44.1 Å². The number of methoxy groups -OCH3 is 1. The van der Waals surface area contributed by atoms with Gasteiger partial charge in [-0.2, -0.15) is 10.5 Å². The molecule has 0 aliphatic carbocycles. The van der Waals surface area contributed by atoms with E-state index >= 15 is 0 Å². The van der Waals surface area contributed by atoms with Crippen LogP contribution in [0.15, 0.2) is 42.6 Å². The lowest BCUT2D eigenvalue weighted by molar-refractivity contribution is 0.146. The molecule has 0 saturated heterocycles. The molecule has 0 fully saturated rings. The Morgan fingerprint density at radius 3 is 2.76 bits per heavy atom. The van der Waals surface area contributed by atoms with E-state index in [2.05, 4.69) is 32.7 Å². The highest BCUT2D eigenvalue weighted by molar-refractivity contribution is 5.76. The van der Waals surface area contributed by atoms with E-state index in [-0.39, 0.29) is 6.61 Å². The summed E-state index contributed by atoms with van der Waals surface area (Å²) in [6.07, 6.45) is 1.62.